The molecule has 0 radical (unpaired) electrons. The average Bonchev–Trinajstić information content (AvgIpc) is 2.96. The second-order valence-corrected chi connectivity index (χ2v) is 5.23. The fourth-order valence-electron chi connectivity index (χ4n) is 2.46. The zero-order valence-corrected chi connectivity index (χ0v) is 12.9. The van der Waals surface area contributed by atoms with Crippen molar-refractivity contribution < 1.29 is 4.79 Å². The van der Waals surface area contributed by atoms with E-state index >= 15 is 0 Å². The van der Waals surface area contributed by atoms with Crippen molar-refractivity contribution in [1.29, 1.82) is 0 Å². The van der Waals surface area contributed by atoms with Crippen LogP contribution in [-0.4, -0.2) is 15.7 Å². The summed E-state index contributed by atoms with van der Waals surface area (Å²) in [6, 6.07) is 18.9. The summed E-state index contributed by atoms with van der Waals surface area (Å²) in [6.07, 6.45) is 0. The van der Waals surface area contributed by atoms with Crippen LogP contribution in [0.25, 0.3) is 5.69 Å². The molecule has 3 aromatic rings. The standard InChI is InChI=1S/C18H18N4O/c1-13-11-17(22(21-13)15-8-3-2-4-9-15)20-18(23)16-10-6-5-7-14(16)12-19/h2-11H,12,19H2,1H3,(H,20,23). The number of carbonyl (C=O) groups excluding carboxylic acids is 1. The summed E-state index contributed by atoms with van der Waals surface area (Å²) in [5.74, 6) is 0.439. The number of nitrogens with two attached hydrogens (primary N) is 1. The highest BCUT2D eigenvalue weighted by Crippen LogP contribution is 2.18. The molecule has 3 N–H and O–H groups in total. The number of para-hydroxylation sites is 1. The van der Waals surface area contributed by atoms with Crippen molar-refractivity contribution in [2.24, 2.45) is 5.73 Å². The third-order valence-corrected chi connectivity index (χ3v) is 3.56. The Labute approximate surface area is 134 Å². The molecular weight excluding hydrogens is 288 g/mol. The highest BCUT2D eigenvalue weighted by molar-refractivity contribution is 6.05. The average molecular weight is 306 g/mol. The SMILES string of the molecule is Cc1cc(NC(=O)c2ccccc2CN)n(-c2ccccc2)n1. The van der Waals surface area contributed by atoms with E-state index in [0.717, 1.165) is 16.9 Å². The predicted octanol–water partition coefficient (Wildman–Crippen LogP) is 2.89. The molecule has 0 bridgehead atoms. The van der Waals surface area contributed by atoms with Gasteiger partial charge in [-0.1, -0.05) is 36.4 Å². The molecule has 0 saturated carbocycles. The summed E-state index contributed by atoms with van der Waals surface area (Å²) in [5.41, 5.74) is 8.82. The van der Waals surface area contributed by atoms with Crippen LogP contribution in [0, 0.1) is 6.92 Å². The van der Waals surface area contributed by atoms with Crippen LogP contribution in [0.3, 0.4) is 0 Å². The first-order chi connectivity index (χ1) is 11.2. The molecule has 1 amide bonds. The maximum Gasteiger partial charge on any atom is 0.257 e. The van der Waals surface area contributed by atoms with Gasteiger partial charge in [0.1, 0.15) is 5.82 Å². The van der Waals surface area contributed by atoms with Crippen LogP contribution < -0.4 is 11.1 Å². The number of hydrogen-bond acceptors (Lipinski definition) is 3. The van der Waals surface area contributed by atoms with Gasteiger partial charge in [0.15, 0.2) is 0 Å². The molecule has 5 heteroatoms. The van der Waals surface area contributed by atoms with E-state index in [1.807, 2.05) is 61.5 Å². The van der Waals surface area contributed by atoms with E-state index in [1.54, 1.807) is 10.7 Å². The first kappa shape index (κ1) is 15.0. The number of carbonyl (C=O) groups is 1. The zero-order valence-electron chi connectivity index (χ0n) is 12.9. The minimum atomic E-state index is -0.192. The summed E-state index contributed by atoms with van der Waals surface area (Å²) in [6.45, 7) is 2.21. The van der Waals surface area contributed by atoms with Gasteiger partial charge in [-0.3, -0.25) is 4.79 Å². The Morgan fingerprint density at radius 1 is 1.13 bits per heavy atom. The molecule has 0 atom stereocenters. The molecule has 0 aliphatic rings. The molecular formula is C18H18N4O. The first-order valence-corrected chi connectivity index (χ1v) is 7.40. The summed E-state index contributed by atoms with van der Waals surface area (Å²) in [5, 5.41) is 7.37. The Morgan fingerprint density at radius 2 is 1.83 bits per heavy atom. The second-order valence-electron chi connectivity index (χ2n) is 5.23. The van der Waals surface area contributed by atoms with E-state index < -0.39 is 0 Å². The van der Waals surface area contributed by atoms with Gasteiger partial charge in [0.25, 0.3) is 5.91 Å². The molecule has 0 aliphatic heterocycles. The topological polar surface area (TPSA) is 72.9 Å². The predicted molar refractivity (Wildman–Crippen MR) is 90.6 cm³/mol. The molecule has 0 saturated heterocycles. The van der Waals surface area contributed by atoms with Gasteiger partial charge in [0, 0.05) is 18.2 Å². The summed E-state index contributed by atoms with van der Waals surface area (Å²) < 4.78 is 1.72. The van der Waals surface area contributed by atoms with Crippen molar-refractivity contribution in [3.63, 3.8) is 0 Å². The van der Waals surface area contributed by atoms with Crippen molar-refractivity contribution >= 4 is 11.7 Å². The largest absolute Gasteiger partial charge is 0.326 e. The number of rotatable bonds is 4. The third-order valence-electron chi connectivity index (χ3n) is 3.56. The second kappa shape index (κ2) is 6.46. The van der Waals surface area contributed by atoms with E-state index in [9.17, 15) is 4.79 Å². The molecule has 0 aliphatic carbocycles. The highest BCUT2D eigenvalue weighted by atomic mass is 16.1. The van der Waals surface area contributed by atoms with E-state index in [4.69, 9.17) is 5.73 Å². The van der Waals surface area contributed by atoms with Crippen LogP contribution in [0.4, 0.5) is 5.82 Å². The molecule has 0 unspecified atom stereocenters. The van der Waals surface area contributed by atoms with Gasteiger partial charge < -0.3 is 11.1 Å². The number of hydrogen-bond donors (Lipinski definition) is 2. The van der Waals surface area contributed by atoms with Gasteiger partial charge in [0.05, 0.1) is 11.4 Å². The Hall–Kier alpha value is -2.92. The number of anilines is 1. The Bertz CT molecular complexity index is 824. The van der Waals surface area contributed by atoms with Gasteiger partial charge >= 0.3 is 0 Å². The fraction of sp³-hybridized carbons (Fsp3) is 0.111. The van der Waals surface area contributed by atoms with Crippen LogP contribution in [0.5, 0.6) is 0 Å². The van der Waals surface area contributed by atoms with E-state index in [0.29, 0.717) is 17.9 Å². The van der Waals surface area contributed by atoms with Crippen molar-refractivity contribution in [1.82, 2.24) is 9.78 Å². The minimum Gasteiger partial charge on any atom is -0.326 e. The Kier molecular flexibility index (Phi) is 4.21. The maximum absolute atomic E-state index is 12.6. The lowest BCUT2D eigenvalue weighted by Gasteiger charge is -2.11. The molecule has 2 aromatic carbocycles. The van der Waals surface area contributed by atoms with E-state index in [-0.39, 0.29) is 5.91 Å². The number of amides is 1. The van der Waals surface area contributed by atoms with Crippen molar-refractivity contribution in [3.8, 4) is 5.69 Å². The van der Waals surface area contributed by atoms with Crippen LogP contribution in [-0.2, 0) is 6.54 Å². The van der Waals surface area contributed by atoms with Gasteiger partial charge in [-0.15, -0.1) is 0 Å². The molecule has 1 heterocycles. The van der Waals surface area contributed by atoms with Crippen molar-refractivity contribution in [3.05, 3.63) is 77.5 Å². The number of nitrogens with one attached hydrogen (secondary N) is 1. The third kappa shape index (κ3) is 3.14. The zero-order chi connectivity index (χ0) is 16.2. The summed E-state index contributed by atoms with van der Waals surface area (Å²) in [4.78, 5) is 12.6. The summed E-state index contributed by atoms with van der Waals surface area (Å²) >= 11 is 0. The van der Waals surface area contributed by atoms with Gasteiger partial charge in [-0.05, 0) is 30.7 Å². The van der Waals surface area contributed by atoms with Crippen molar-refractivity contribution in [2.45, 2.75) is 13.5 Å². The van der Waals surface area contributed by atoms with Crippen molar-refractivity contribution in [2.75, 3.05) is 5.32 Å². The lowest BCUT2D eigenvalue weighted by atomic mass is 10.1. The molecule has 1 aromatic heterocycles. The number of aryl methyl sites for hydroxylation is 1. The Balaban J connectivity index is 1.93. The van der Waals surface area contributed by atoms with Crippen LogP contribution >= 0.6 is 0 Å². The van der Waals surface area contributed by atoms with Crippen LogP contribution in [0.2, 0.25) is 0 Å². The fourth-order valence-corrected chi connectivity index (χ4v) is 2.46. The quantitative estimate of drug-likeness (QED) is 0.778. The first-order valence-electron chi connectivity index (χ1n) is 7.40. The lowest BCUT2D eigenvalue weighted by molar-refractivity contribution is 0.102. The normalized spacial score (nSPS) is 10.5. The lowest BCUT2D eigenvalue weighted by Crippen LogP contribution is -2.17. The molecule has 5 nitrogen and oxygen atoms in total. The molecule has 23 heavy (non-hydrogen) atoms. The van der Waals surface area contributed by atoms with Gasteiger partial charge in [0.2, 0.25) is 0 Å². The molecule has 0 spiro atoms. The van der Waals surface area contributed by atoms with Gasteiger partial charge in [-0.2, -0.15) is 5.10 Å². The highest BCUT2D eigenvalue weighted by Gasteiger charge is 2.14. The number of aromatic nitrogens is 2. The number of benzene rings is 2. The maximum atomic E-state index is 12.6. The number of nitrogens with zero attached hydrogens (tertiary/aromatic N) is 2. The molecule has 0 fully saturated rings. The van der Waals surface area contributed by atoms with Crippen LogP contribution in [0.15, 0.2) is 60.7 Å². The minimum absolute atomic E-state index is 0.192. The Morgan fingerprint density at radius 3 is 2.57 bits per heavy atom. The van der Waals surface area contributed by atoms with Gasteiger partial charge in [-0.25, -0.2) is 4.68 Å². The van der Waals surface area contributed by atoms with E-state index in [1.165, 1.54) is 0 Å². The summed E-state index contributed by atoms with van der Waals surface area (Å²) in [7, 11) is 0. The smallest absolute Gasteiger partial charge is 0.257 e. The van der Waals surface area contributed by atoms with E-state index in [2.05, 4.69) is 10.4 Å². The monoisotopic (exact) mass is 306 g/mol. The molecule has 116 valence electrons. The molecule has 3 rings (SSSR count). The van der Waals surface area contributed by atoms with Crippen LogP contribution in [0.1, 0.15) is 21.6 Å².